The van der Waals surface area contributed by atoms with Gasteiger partial charge in [0.25, 0.3) is 0 Å². The van der Waals surface area contributed by atoms with Crippen molar-refractivity contribution in [2.45, 2.75) is 44.6 Å². The summed E-state index contributed by atoms with van der Waals surface area (Å²) >= 11 is 1.74. The van der Waals surface area contributed by atoms with Crippen molar-refractivity contribution in [3.8, 4) is 0 Å². The topological polar surface area (TPSA) is 24.9 Å². The molecule has 0 saturated heterocycles. The Morgan fingerprint density at radius 2 is 2.20 bits per heavy atom. The summed E-state index contributed by atoms with van der Waals surface area (Å²) in [6.45, 7) is 5.72. The minimum atomic E-state index is 0.310. The summed E-state index contributed by atoms with van der Waals surface area (Å²) in [5.74, 6) is 0. The van der Waals surface area contributed by atoms with Crippen LogP contribution < -0.4 is 5.32 Å². The molecule has 1 aliphatic rings. The molecule has 0 bridgehead atoms. The van der Waals surface area contributed by atoms with Crippen molar-refractivity contribution in [1.29, 1.82) is 0 Å². The van der Waals surface area contributed by atoms with Crippen molar-refractivity contribution in [1.82, 2.24) is 10.3 Å². The zero-order chi connectivity index (χ0) is 14.0. The third-order valence-electron chi connectivity index (χ3n) is 4.34. The van der Waals surface area contributed by atoms with Gasteiger partial charge in [-0.2, -0.15) is 0 Å². The van der Waals surface area contributed by atoms with Gasteiger partial charge >= 0.3 is 0 Å². The van der Waals surface area contributed by atoms with Crippen molar-refractivity contribution in [3.63, 3.8) is 0 Å². The van der Waals surface area contributed by atoms with Crippen molar-refractivity contribution < 1.29 is 0 Å². The average molecular weight is 286 g/mol. The van der Waals surface area contributed by atoms with Gasteiger partial charge in [-0.05, 0) is 29.4 Å². The number of nitrogens with zero attached hydrogens (tertiary/aromatic N) is 1. The highest BCUT2D eigenvalue weighted by Gasteiger charge is 2.31. The number of hydrogen-bond donors (Lipinski definition) is 1. The first-order valence-corrected chi connectivity index (χ1v) is 8.26. The van der Waals surface area contributed by atoms with Gasteiger partial charge in [-0.1, -0.05) is 38.1 Å². The van der Waals surface area contributed by atoms with E-state index in [1.165, 1.54) is 29.0 Å². The second kappa shape index (κ2) is 5.66. The monoisotopic (exact) mass is 286 g/mol. The van der Waals surface area contributed by atoms with Crippen LogP contribution in [0.15, 0.2) is 35.8 Å². The highest BCUT2D eigenvalue weighted by atomic mass is 32.1. The Labute approximate surface area is 125 Å². The predicted octanol–water partition coefficient (Wildman–Crippen LogP) is 4.09. The zero-order valence-electron chi connectivity index (χ0n) is 12.2. The van der Waals surface area contributed by atoms with Crippen LogP contribution in [-0.2, 0) is 11.8 Å². The maximum atomic E-state index is 4.34. The fourth-order valence-corrected chi connectivity index (χ4v) is 3.77. The summed E-state index contributed by atoms with van der Waals surface area (Å²) in [6.07, 6.45) is 5.39. The van der Waals surface area contributed by atoms with Crippen molar-refractivity contribution >= 4 is 11.3 Å². The second-order valence-electron chi connectivity index (χ2n) is 6.19. The normalized spacial score (nSPS) is 20.6. The molecule has 1 heterocycles. The van der Waals surface area contributed by atoms with Crippen LogP contribution in [0.1, 0.15) is 48.9 Å². The Hall–Kier alpha value is -1.19. The van der Waals surface area contributed by atoms with E-state index in [2.05, 4.69) is 48.4 Å². The van der Waals surface area contributed by atoms with Crippen LogP contribution in [-0.4, -0.2) is 11.5 Å². The summed E-state index contributed by atoms with van der Waals surface area (Å²) in [5.41, 5.74) is 3.31. The molecule has 1 atom stereocenters. The smallest absolute Gasteiger partial charge is 0.0937 e. The first kappa shape index (κ1) is 13.8. The van der Waals surface area contributed by atoms with Crippen LogP contribution in [0, 0.1) is 0 Å². The molecule has 1 aromatic carbocycles. The maximum Gasteiger partial charge on any atom is 0.0937 e. The molecule has 0 aliphatic heterocycles. The predicted molar refractivity (Wildman–Crippen MR) is 85.3 cm³/mol. The van der Waals surface area contributed by atoms with E-state index in [1.54, 1.807) is 11.3 Å². The van der Waals surface area contributed by atoms with E-state index in [0.717, 1.165) is 13.0 Å². The molecule has 3 heteroatoms. The Morgan fingerprint density at radius 1 is 1.35 bits per heavy atom. The van der Waals surface area contributed by atoms with E-state index in [0.29, 0.717) is 11.5 Å². The summed E-state index contributed by atoms with van der Waals surface area (Å²) in [6, 6.07) is 9.41. The lowest BCUT2D eigenvalue weighted by Crippen LogP contribution is -2.33. The maximum absolute atomic E-state index is 4.34. The molecule has 0 saturated carbocycles. The fourth-order valence-electron chi connectivity index (χ4n) is 3.15. The van der Waals surface area contributed by atoms with Gasteiger partial charge < -0.3 is 5.32 Å². The molecular formula is C17H22N2S. The minimum Gasteiger partial charge on any atom is -0.310 e. The third-order valence-corrected chi connectivity index (χ3v) is 5.18. The van der Waals surface area contributed by atoms with Gasteiger partial charge in [0, 0.05) is 30.6 Å². The Balaban J connectivity index is 1.69. The first-order chi connectivity index (χ1) is 9.67. The molecule has 0 radical (unpaired) electrons. The van der Waals surface area contributed by atoms with Gasteiger partial charge in [-0.25, -0.2) is 4.98 Å². The van der Waals surface area contributed by atoms with E-state index in [4.69, 9.17) is 0 Å². The Bertz CT molecular complexity index is 560. The van der Waals surface area contributed by atoms with E-state index in [1.807, 2.05) is 11.6 Å². The number of thiazole rings is 1. The number of aromatic nitrogens is 1. The van der Waals surface area contributed by atoms with E-state index >= 15 is 0 Å². The largest absolute Gasteiger partial charge is 0.310 e. The molecule has 106 valence electrons. The number of nitrogens with one attached hydrogen (secondary N) is 1. The van der Waals surface area contributed by atoms with E-state index < -0.39 is 0 Å². The number of rotatable bonds is 4. The molecular weight excluding hydrogens is 264 g/mol. The lowest BCUT2D eigenvalue weighted by atomic mass is 9.71. The van der Waals surface area contributed by atoms with E-state index in [-0.39, 0.29) is 0 Å². The van der Waals surface area contributed by atoms with Gasteiger partial charge in [-0.3, -0.25) is 0 Å². The molecule has 0 fully saturated rings. The van der Waals surface area contributed by atoms with Crippen molar-refractivity contribution in [2.24, 2.45) is 0 Å². The molecule has 1 aromatic heterocycles. The lowest BCUT2D eigenvalue weighted by molar-refractivity contribution is 0.359. The molecule has 1 unspecified atom stereocenters. The van der Waals surface area contributed by atoms with Crippen LogP contribution in [0.4, 0.5) is 0 Å². The van der Waals surface area contributed by atoms with Gasteiger partial charge in [0.05, 0.1) is 5.01 Å². The average Bonchev–Trinajstić information content (AvgIpc) is 2.95. The summed E-state index contributed by atoms with van der Waals surface area (Å²) < 4.78 is 0. The van der Waals surface area contributed by atoms with Crippen LogP contribution in [0.2, 0.25) is 0 Å². The van der Waals surface area contributed by atoms with Gasteiger partial charge in [0.2, 0.25) is 0 Å². The van der Waals surface area contributed by atoms with Gasteiger partial charge in [0.15, 0.2) is 0 Å². The van der Waals surface area contributed by atoms with Crippen molar-refractivity contribution in [2.75, 3.05) is 6.54 Å². The minimum absolute atomic E-state index is 0.310. The molecule has 2 aromatic rings. The van der Waals surface area contributed by atoms with E-state index in [9.17, 15) is 0 Å². The number of hydrogen-bond acceptors (Lipinski definition) is 3. The summed E-state index contributed by atoms with van der Waals surface area (Å²) in [4.78, 5) is 4.34. The SMILES string of the molecule is CC1(C)CCC(NCCc2nccs2)c2ccccc21. The molecule has 1 aliphatic carbocycles. The molecule has 1 N–H and O–H groups in total. The third kappa shape index (κ3) is 2.79. The summed E-state index contributed by atoms with van der Waals surface area (Å²) in [7, 11) is 0. The highest BCUT2D eigenvalue weighted by molar-refractivity contribution is 7.09. The van der Waals surface area contributed by atoms with Crippen LogP contribution in [0.3, 0.4) is 0 Å². The molecule has 20 heavy (non-hydrogen) atoms. The zero-order valence-corrected chi connectivity index (χ0v) is 13.0. The first-order valence-electron chi connectivity index (χ1n) is 7.38. The van der Waals surface area contributed by atoms with Crippen molar-refractivity contribution in [3.05, 3.63) is 52.0 Å². The second-order valence-corrected chi connectivity index (χ2v) is 7.17. The van der Waals surface area contributed by atoms with Crippen LogP contribution >= 0.6 is 11.3 Å². The fraction of sp³-hybridized carbons (Fsp3) is 0.471. The Kier molecular flexibility index (Phi) is 3.90. The highest BCUT2D eigenvalue weighted by Crippen LogP contribution is 2.41. The Morgan fingerprint density at radius 3 is 3.00 bits per heavy atom. The van der Waals surface area contributed by atoms with Crippen LogP contribution in [0.5, 0.6) is 0 Å². The van der Waals surface area contributed by atoms with Gasteiger partial charge in [0.1, 0.15) is 0 Å². The number of fused-ring (bicyclic) bond motifs is 1. The van der Waals surface area contributed by atoms with Crippen LogP contribution in [0.25, 0.3) is 0 Å². The standard InChI is InChI=1S/C17H22N2S/c1-17(2)9-7-15(13-5-3-4-6-14(13)17)18-10-8-16-19-11-12-20-16/h3-6,11-12,15,18H,7-10H2,1-2H3. The lowest BCUT2D eigenvalue weighted by Gasteiger charge is -2.37. The van der Waals surface area contributed by atoms with Gasteiger partial charge in [-0.15, -0.1) is 11.3 Å². The summed E-state index contributed by atoms with van der Waals surface area (Å²) in [5, 5.41) is 6.99. The quantitative estimate of drug-likeness (QED) is 0.915. The molecule has 2 nitrogen and oxygen atoms in total. The molecule has 3 rings (SSSR count). The molecule has 0 spiro atoms. The number of benzene rings is 1. The molecule has 0 amide bonds.